The van der Waals surface area contributed by atoms with Crippen molar-refractivity contribution >= 4 is 29.0 Å². The lowest BCUT2D eigenvalue weighted by molar-refractivity contribution is -0.137. The van der Waals surface area contributed by atoms with E-state index in [2.05, 4.69) is 18.7 Å². The van der Waals surface area contributed by atoms with Crippen molar-refractivity contribution in [3.8, 4) is 0 Å². The number of likely N-dealkylation sites (tertiary alicyclic amines) is 1. The molecule has 1 saturated heterocycles. The molecule has 0 radical (unpaired) electrons. The summed E-state index contributed by atoms with van der Waals surface area (Å²) in [6, 6.07) is 7.19. The van der Waals surface area contributed by atoms with Crippen molar-refractivity contribution in [1.82, 2.24) is 9.80 Å². The van der Waals surface area contributed by atoms with E-state index in [-0.39, 0.29) is 11.8 Å². The molecule has 0 spiro atoms. The topological polar surface area (TPSA) is 49.9 Å². The van der Waals surface area contributed by atoms with Crippen LogP contribution in [0.4, 0.5) is 0 Å². The number of benzene rings is 1. The second-order valence-corrected chi connectivity index (χ2v) is 8.44. The van der Waals surface area contributed by atoms with E-state index in [0.717, 1.165) is 50.9 Å². The highest BCUT2D eigenvalue weighted by Gasteiger charge is 2.41. The van der Waals surface area contributed by atoms with Crippen molar-refractivity contribution in [1.29, 1.82) is 0 Å². The van der Waals surface area contributed by atoms with Crippen LogP contribution in [0, 0.1) is 5.92 Å². The van der Waals surface area contributed by atoms with Gasteiger partial charge in [-0.2, -0.15) is 0 Å². The highest BCUT2D eigenvalue weighted by Crippen LogP contribution is 2.34. The summed E-state index contributed by atoms with van der Waals surface area (Å²) in [6.45, 7) is 7.60. The van der Waals surface area contributed by atoms with Crippen LogP contribution < -0.4 is 0 Å². The third kappa shape index (κ3) is 5.20. The number of unbranched alkanes of at least 4 members (excludes halogenated alkanes) is 1. The molecule has 1 atom stereocenters. The summed E-state index contributed by atoms with van der Waals surface area (Å²) in [6.07, 6.45) is 4.96. The van der Waals surface area contributed by atoms with Crippen LogP contribution in [0.1, 0.15) is 51.5 Å². The van der Waals surface area contributed by atoms with Gasteiger partial charge in [-0.05, 0) is 49.3 Å². The Hall–Kier alpha value is -1.85. The number of carbonyl (C=O) groups is 2. The molecule has 0 aliphatic carbocycles. The molecule has 1 aromatic rings. The summed E-state index contributed by atoms with van der Waals surface area (Å²) in [5.74, 6) is 0.119. The number of hydrogen-bond donors (Lipinski definition) is 0. The Balaban J connectivity index is 1.80. The second-order valence-electron chi connectivity index (χ2n) is 8.01. The SMILES string of the molecule is CCCCOCCCN1C(=O)C(c2ccc(Cl)cc2)=C(N2CCCC(C)C2)C1=O. The highest BCUT2D eigenvalue weighted by molar-refractivity contribution is 6.36. The van der Waals surface area contributed by atoms with Gasteiger partial charge in [0.2, 0.25) is 0 Å². The molecule has 1 fully saturated rings. The average Bonchev–Trinajstić information content (AvgIpc) is 2.95. The minimum atomic E-state index is -0.209. The van der Waals surface area contributed by atoms with Gasteiger partial charge >= 0.3 is 0 Å². The molecule has 0 aromatic heterocycles. The molecule has 0 bridgehead atoms. The zero-order valence-corrected chi connectivity index (χ0v) is 18.2. The maximum Gasteiger partial charge on any atom is 0.277 e. The summed E-state index contributed by atoms with van der Waals surface area (Å²) in [4.78, 5) is 30.0. The molecular formula is C23H31ClN2O3. The van der Waals surface area contributed by atoms with Crippen molar-refractivity contribution < 1.29 is 14.3 Å². The Morgan fingerprint density at radius 2 is 1.83 bits per heavy atom. The fourth-order valence-corrected chi connectivity index (χ4v) is 4.13. The summed E-state index contributed by atoms with van der Waals surface area (Å²) >= 11 is 6.03. The second kappa shape index (κ2) is 10.3. The van der Waals surface area contributed by atoms with Gasteiger partial charge in [-0.25, -0.2) is 0 Å². The van der Waals surface area contributed by atoms with E-state index in [1.807, 2.05) is 12.1 Å². The van der Waals surface area contributed by atoms with E-state index in [1.54, 1.807) is 12.1 Å². The van der Waals surface area contributed by atoms with Gasteiger partial charge in [-0.15, -0.1) is 0 Å². The molecule has 2 aliphatic heterocycles. The molecule has 1 aromatic carbocycles. The average molecular weight is 419 g/mol. The molecule has 158 valence electrons. The fourth-order valence-electron chi connectivity index (χ4n) is 4.00. The fraction of sp³-hybridized carbons (Fsp3) is 0.565. The van der Waals surface area contributed by atoms with Crippen LogP contribution in [-0.2, 0) is 14.3 Å². The van der Waals surface area contributed by atoms with Gasteiger partial charge < -0.3 is 9.64 Å². The number of carbonyl (C=O) groups excluding carboxylic acids is 2. The number of nitrogens with zero attached hydrogens (tertiary/aromatic N) is 2. The third-order valence-electron chi connectivity index (χ3n) is 5.56. The van der Waals surface area contributed by atoms with Crippen LogP contribution in [0.2, 0.25) is 5.02 Å². The largest absolute Gasteiger partial charge is 0.381 e. The predicted octanol–water partition coefficient (Wildman–Crippen LogP) is 4.36. The minimum absolute atomic E-state index is 0.178. The van der Waals surface area contributed by atoms with Gasteiger partial charge in [0.15, 0.2) is 0 Å². The molecule has 29 heavy (non-hydrogen) atoms. The quantitative estimate of drug-likeness (QED) is 0.441. The zero-order valence-electron chi connectivity index (χ0n) is 17.5. The lowest BCUT2D eigenvalue weighted by Gasteiger charge is -2.33. The molecular weight excluding hydrogens is 388 g/mol. The Morgan fingerprint density at radius 3 is 2.52 bits per heavy atom. The van der Waals surface area contributed by atoms with Crippen LogP contribution in [-0.4, -0.2) is 54.5 Å². The van der Waals surface area contributed by atoms with Crippen molar-refractivity contribution in [3.63, 3.8) is 0 Å². The van der Waals surface area contributed by atoms with E-state index in [9.17, 15) is 9.59 Å². The summed E-state index contributed by atoms with van der Waals surface area (Å²) in [5.41, 5.74) is 1.81. The number of piperidine rings is 1. The minimum Gasteiger partial charge on any atom is -0.381 e. The van der Waals surface area contributed by atoms with Gasteiger partial charge in [-0.1, -0.05) is 44.0 Å². The standard InChI is InChI=1S/C23H31ClN2O3/c1-3-4-14-29-15-6-13-26-22(27)20(18-8-10-19(24)11-9-18)21(23(26)28)25-12-5-7-17(2)16-25/h8-11,17H,3-7,12-16H2,1-2H3. The first-order chi connectivity index (χ1) is 14.0. The molecule has 5 nitrogen and oxygen atoms in total. The maximum atomic E-state index is 13.3. The van der Waals surface area contributed by atoms with Gasteiger partial charge in [-0.3, -0.25) is 14.5 Å². The third-order valence-corrected chi connectivity index (χ3v) is 5.81. The monoisotopic (exact) mass is 418 g/mol. The number of rotatable bonds is 9. The number of amides is 2. The van der Waals surface area contributed by atoms with Crippen molar-refractivity contribution in [2.24, 2.45) is 5.92 Å². The normalized spacial score (nSPS) is 20.2. The predicted molar refractivity (Wildman–Crippen MR) is 115 cm³/mol. The first-order valence-corrected chi connectivity index (χ1v) is 11.1. The smallest absolute Gasteiger partial charge is 0.277 e. The molecule has 3 rings (SSSR count). The van der Waals surface area contributed by atoms with Crippen LogP contribution >= 0.6 is 11.6 Å². The Labute approximate surface area is 178 Å². The zero-order chi connectivity index (χ0) is 20.8. The maximum absolute atomic E-state index is 13.3. The highest BCUT2D eigenvalue weighted by atomic mass is 35.5. The van der Waals surface area contributed by atoms with Crippen LogP contribution in [0.25, 0.3) is 5.57 Å². The van der Waals surface area contributed by atoms with E-state index in [1.165, 1.54) is 4.90 Å². The van der Waals surface area contributed by atoms with E-state index in [0.29, 0.717) is 41.8 Å². The molecule has 1 unspecified atom stereocenters. The molecule has 6 heteroatoms. The number of halogens is 1. The van der Waals surface area contributed by atoms with Gasteiger partial charge in [0.1, 0.15) is 5.70 Å². The molecule has 0 N–H and O–H groups in total. The van der Waals surface area contributed by atoms with Crippen molar-refractivity contribution in [3.05, 3.63) is 40.5 Å². The Morgan fingerprint density at radius 1 is 1.10 bits per heavy atom. The van der Waals surface area contributed by atoms with E-state index >= 15 is 0 Å². The summed E-state index contributed by atoms with van der Waals surface area (Å²) < 4.78 is 5.60. The summed E-state index contributed by atoms with van der Waals surface area (Å²) in [7, 11) is 0. The molecule has 2 amide bonds. The van der Waals surface area contributed by atoms with E-state index < -0.39 is 0 Å². The first kappa shape index (κ1) is 21.8. The Kier molecular flexibility index (Phi) is 7.73. The van der Waals surface area contributed by atoms with Gasteiger partial charge in [0.05, 0.1) is 5.57 Å². The van der Waals surface area contributed by atoms with Gasteiger partial charge in [0, 0.05) is 37.9 Å². The molecule has 0 saturated carbocycles. The van der Waals surface area contributed by atoms with Crippen LogP contribution in [0.15, 0.2) is 30.0 Å². The van der Waals surface area contributed by atoms with Crippen molar-refractivity contribution in [2.75, 3.05) is 32.8 Å². The van der Waals surface area contributed by atoms with Crippen LogP contribution in [0.3, 0.4) is 0 Å². The van der Waals surface area contributed by atoms with Crippen molar-refractivity contribution in [2.45, 2.75) is 46.0 Å². The summed E-state index contributed by atoms with van der Waals surface area (Å²) in [5, 5.41) is 0.611. The lowest BCUT2D eigenvalue weighted by Crippen LogP contribution is -2.39. The first-order valence-electron chi connectivity index (χ1n) is 10.7. The lowest BCUT2D eigenvalue weighted by atomic mass is 9.98. The number of hydrogen-bond acceptors (Lipinski definition) is 4. The number of ether oxygens (including phenoxy) is 1. The number of imide groups is 1. The van der Waals surface area contributed by atoms with E-state index in [4.69, 9.17) is 16.3 Å². The van der Waals surface area contributed by atoms with Crippen LogP contribution in [0.5, 0.6) is 0 Å². The Bertz CT molecular complexity index is 760. The van der Waals surface area contributed by atoms with Gasteiger partial charge in [0.25, 0.3) is 11.8 Å². The molecule has 2 heterocycles. The molecule has 2 aliphatic rings.